The second-order valence-corrected chi connectivity index (χ2v) is 6.56. The molecule has 0 radical (unpaired) electrons. The molecule has 1 amide bonds. The monoisotopic (exact) mass is 389 g/mol. The summed E-state index contributed by atoms with van der Waals surface area (Å²) in [5.41, 5.74) is 0.865. The number of hydrogen-bond donors (Lipinski definition) is 2. The quantitative estimate of drug-likeness (QED) is 0.752. The van der Waals surface area contributed by atoms with Crippen molar-refractivity contribution in [3.8, 4) is 5.75 Å². The summed E-state index contributed by atoms with van der Waals surface area (Å²) < 4.78 is 5.29. The summed E-state index contributed by atoms with van der Waals surface area (Å²) >= 11 is 0. The summed E-state index contributed by atoms with van der Waals surface area (Å²) in [5, 5.41) is 6.83. The van der Waals surface area contributed by atoms with E-state index in [2.05, 4.69) is 10.6 Å². The number of benzene rings is 1. The van der Waals surface area contributed by atoms with Crippen molar-refractivity contribution in [2.75, 3.05) is 38.6 Å². The fraction of sp³-hybridized carbons (Fsp3) is 0.611. The maximum absolute atomic E-state index is 12.4. The summed E-state index contributed by atoms with van der Waals surface area (Å²) in [4.78, 5) is 14.3. The molecule has 2 aliphatic rings. The number of hydrogen-bond acceptors (Lipinski definition) is 4. The van der Waals surface area contributed by atoms with Gasteiger partial charge in [-0.25, -0.2) is 0 Å². The predicted octanol–water partition coefficient (Wildman–Crippen LogP) is 2.94. The lowest BCUT2D eigenvalue weighted by atomic mass is 10.0. The molecule has 1 saturated heterocycles. The van der Waals surface area contributed by atoms with Gasteiger partial charge >= 0.3 is 0 Å². The van der Waals surface area contributed by atoms with Crippen LogP contribution >= 0.6 is 24.8 Å². The van der Waals surface area contributed by atoms with Gasteiger partial charge in [-0.3, -0.25) is 4.79 Å². The molecular formula is C18H29Cl2N3O2. The molecule has 1 aliphatic carbocycles. The molecular weight excluding hydrogens is 361 g/mol. The van der Waals surface area contributed by atoms with Crippen LogP contribution in [0.2, 0.25) is 0 Å². The van der Waals surface area contributed by atoms with E-state index in [1.165, 1.54) is 12.8 Å². The second kappa shape index (κ2) is 10.7. The average Bonchev–Trinajstić information content (AvgIpc) is 3.43. The molecule has 2 N–H and O–H groups in total. The molecule has 1 saturated carbocycles. The fourth-order valence-corrected chi connectivity index (χ4v) is 3.06. The first-order valence-electron chi connectivity index (χ1n) is 8.64. The van der Waals surface area contributed by atoms with Crippen molar-refractivity contribution in [1.29, 1.82) is 0 Å². The van der Waals surface area contributed by atoms with Crippen LogP contribution in [0.3, 0.4) is 0 Å². The number of amides is 1. The Kier molecular flexibility index (Phi) is 9.39. The van der Waals surface area contributed by atoms with E-state index in [1.54, 1.807) is 7.11 Å². The van der Waals surface area contributed by atoms with E-state index < -0.39 is 0 Å². The lowest BCUT2D eigenvalue weighted by Crippen LogP contribution is -2.46. The maximum atomic E-state index is 12.4. The van der Waals surface area contributed by atoms with Gasteiger partial charge in [0.1, 0.15) is 5.75 Å². The highest BCUT2D eigenvalue weighted by Crippen LogP contribution is 2.28. The minimum Gasteiger partial charge on any atom is -0.495 e. The Morgan fingerprint density at radius 2 is 1.84 bits per heavy atom. The molecule has 2 fully saturated rings. The number of para-hydroxylation sites is 2. The van der Waals surface area contributed by atoms with Gasteiger partial charge < -0.3 is 20.3 Å². The van der Waals surface area contributed by atoms with Crippen molar-refractivity contribution in [2.24, 2.45) is 5.92 Å². The van der Waals surface area contributed by atoms with Crippen LogP contribution < -0.4 is 15.4 Å². The molecule has 142 valence electrons. The summed E-state index contributed by atoms with van der Waals surface area (Å²) in [6.45, 7) is 3.19. The van der Waals surface area contributed by atoms with Crippen molar-refractivity contribution >= 4 is 36.4 Å². The Hall–Kier alpha value is -1.17. The number of carbonyl (C=O) groups is 1. The van der Waals surface area contributed by atoms with Crippen LogP contribution in [0.5, 0.6) is 5.75 Å². The van der Waals surface area contributed by atoms with Gasteiger partial charge in [-0.15, -0.1) is 24.8 Å². The van der Waals surface area contributed by atoms with Gasteiger partial charge in [0.2, 0.25) is 5.91 Å². The van der Waals surface area contributed by atoms with E-state index in [-0.39, 0.29) is 30.7 Å². The second-order valence-electron chi connectivity index (χ2n) is 6.56. The van der Waals surface area contributed by atoms with Crippen LogP contribution in [0, 0.1) is 5.92 Å². The summed E-state index contributed by atoms with van der Waals surface area (Å²) in [7, 11) is 1.64. The van der Waals surface area contributed by atoms with Crippen molar-refractivity contribution in [3.63, 3.8) is 0 Å². The van der Waals surface area contributed by atoms with Crippen molar-refractivity contribution < 1.29 is 9.53 Å². The normalized spacial score (nSPS) is 17.2. The molecule has 25 heavy (non-hydrogen) atoms. The number of carbonyl (C=O) groups excluding carboxylic acids is 1. The number of ether oxygens (including phenoxy) is 1. The molecule has 0 bridgehead atoms. The van der Waals surface area contributed by atoms with Crippen LogP contribution in [-0.2, 0) is 4.79 Å². The number of nitrogens with one attached hydrogen (secondary N) is 2. The van der Waals surface area contributed by atoms with E-state index in [9.17, 15) is 4.79 Å². The van der Waals surface area contributed by atoms with Crippen LogP contribution in [0.15, 0.2) is 24.3 Å². The summed E-state index contributed by atoms with van der Waals surface area (Å²) in [5.74, 6) is 1.85. The molecule has 3 rings (SSSR count). The predicted molar refractivity (Wildman–Crippen MR) is 106 cm³/mol. The zero-order chi connectivity index (χ0) is 16.1. The number of likely N-dealkylation sites (tertiary alicyclic amines) is 1. The minimum absolute atomic E-state index is 0. The van der Waals surface area contributed by atoms with Crippen LogP contribution in [0.1, 0.15) is 25.7 Å². The summed E-state index contributed by atoms with van der Waals surface area (Å²) in [6, 6.07) is 8.27. The standard InChI is InChI=1S/C18H27N3O2.2ClH/c1-23-17-5-3-2-4-16(17)20-13-18(22)21-10-8-15(9-11-21)19-12-14-6-7-14;;/h2-5,14-15,19-20H,6-13H2,1H3;2*1H. The Balaban J connectivity index is 0.00000156. The van der Waals surface area contributed by atoms with Crippen molar-refractivity contribution in [1.82, 2.24) is 10.2 Å². The van der Waals surface area contributed by atoms with E-state index in [4.69, 9.17) is 4.74 Å². The topological polar surface area (TPSA) is 53.6 Å². The largest absolute Gasteiger partial charge is 0.495 e. The molecule has 7 heteroatoms. The van der Waals surface area contributed by atoms with Gasteiger partial charge in [0.25, 0.3) is 0 Å². The molecule has 1 aromatic rings. The van der Waals surface area contributed by atoms with Gasteiger partial charge in [0.05, 0.1) is 19.3 Å². The molecule has 0 aromatic heterocycles. The number of rotatable bonds is 7. The Morgan fingerprint density at radius 1 is 1.16 bits per heavy atom. The molecule has 0 atom stereocenters. The van der Waals surface area contributed by atoms with Crippen LogP contribution in [0.4, 0.5) is 5.69 Å². The highest BCUT2D eigenvalue weighted by atomic mass is 35.5. The lowest BCUT2D eigenvalue weighted by molar-refractivity contribution is -0.130. The molecule has 1 heterocycles. The van der Waals surface area contributed by atoms with Crippen LogP contribution in [0.25, 0.3) is 0 Å². The molecule has 5 nitrogen and oxygen atoms in total. The molecule has 1 aliphatic heterocycles. The maximum Gasteiger partial charge on any atom is 0.241 e. The highest BCUT2D eigenvalue weighted by molar-refractivity contribution is 5.85. The lowest BCUT2D eigenvalue weighted by Gasteiger charge is -2.32. The summed E-state index contributed by atoms with van der Waals surface area (Å²) in [6.07, 6.45) is 4.90. The zero-order valence-corrected chi connectivity index (χ0v) is 16.3. The fourth-order valence-electron chi connectivity index (χ4n) is 3.06. The van der Waals surface area contributed by atoms with Crippen molar-refractivity contribution in [3.05, 3.63) is 24.3 Å². The number of nitrogens with zero attached hydrogens (tertiary/aromatic N) is 1. The van der Waals surface area contributed by atoms with E-state index in [0.717, 1.165) is 49.8 Å². The highest BCUT2D eigenvalue weighted by Gasteiger charge is 2.25. The van der Waals surface area contributed by atoms with Gasteiger partial charge in [0.15, 0.2) is 0 Å². The number of halogens is 2. The molecule has 1 aromatic carbocycles. The Morgan fingerprint density at radius 3 is 2.48 bits per heavy atom. The third kappa shape index (κ3) is 6.57. The zero-order valence-electron chi connectivity index (χ0n) is 14.7. The average molecular weight is 390 g/mol. The molecule has 0 spiro atoms. The van der Waals surface area contributed by atoms with E-state index in [1.807, 2.05) is 29.2 Å². The smallest absolute Gasteiger partial charge is 0.241 e. The van der Waals surface area contributed by atoms with Gasteiger partial charge in [-0.1, -0.05) is 12.1 Å². The minimum atomic E-state index is 0. The first kappa shape index (κ1) is 21.9. The van der Waals surface area contributed by atoms with E-state index in [0.29, 0.717) is 12.6 Å². The van der Waals surface area contributed by atoms with Gasteiger partial charge in [-0.05, 0) is 50.3 Å². The van der Waals surface area contributed by atoms with E-state index >= 15 is 0 Å². The number of methoxy groups -OCH3 is 1. The SMILES string of the molecule is COc1ccccc1NCC(=O)N1CCC(NCC2CC2)CC1.Cl.Cl. The van der Waals surface area contributed by atoms with Crippen LogP contribution in [-0.4, -0.2) is 50.1 Å². The Bertz CT molecular complexity index is 533. The number of anilines is 1. The van der Waals surface area contributed by atoms with Gasteiger partial charge in [-0.2, -0.15) is 0 Å². The van der Waals surface area contributed by atoms with Gasteiger partial charge in [0, 0.05) is 19.1 Å². The Labute approximate surface area is 162 Å². The third-order valence-corrected chi connectivity index (χ3v) is 4.78. The third-order valence-electron chi connectivity index (χ3n) is 4.78. The first-order valence-corrected chi connectivity index (χ1v) is 8.64. The van der Waals surface area contributed by atoms with Crippen molar-refractivity contribution in [2.45, 2.75) is 31.7 Å². The number of piperidine rings is 1. The first-order chi connectivity index (χ1) is 11.3. The molecule has 0 unspecified atom stereocenters.